The van der Waals surface area contributed by atoms with Crippen LogP contribution in [0.5, 0.6) is 0 Å². The molecule has 4 N–H and O–H groups in total. The van der Waals surface area contributed by atoms with Crippen molar-refractivity contribution >= 4 is 5.84 Å². The van der Waals surface area contributed by atoms with Gasteiger partial charge in [0.2, 0.25) is 0 Å². The Balaban J connectivity index is 2.57. The molecule has 1 aromatic rings. The minimum Gasteiger partial charge on any atom is -0.409 e. The fourth-order valence-corrected chi connectivity index (χ4v) is 1.85. The van der Waals surface area contributed by atoms with Gasteiger partial charge in [-0.25, -0.2) is 0 Å². The van der Waals surface area contributed by atoms with E-state index in [2.05, 4.69) is 35.4 Å². The number of nitrogens with two attached hydrogens (primary N) is 1. The highest BCUT2D eigenvalue weighted by atomic mass is 16.4. The average molecular weight is 250 g/mol. The van der Waals surface area contributed by atoms with Gasteiger partial charge in [-0.1, -0.05) is 25.1 Å². The van der Waals surface area contributed by atoms with Crippen LogP contribution in [0.4, 0.5) is 0 Å². The van der Waals surface area contributed by atoms with Crippen LogP contribution in [0, 0.1) is 0 Å². The van der Waals surface area contributed by atoms with Crippen LogP contribution in [-0.4, -0.2) is 22.1 Å². The van der Waals surface area contributed by atoms with Gasteiger partial charge in [-0.05, 0) is 24.5 Å². The molecule has 0 aliphatic carbocycles. The highest BCUT2D eigenvalue weighted by Gasteiger charge is 2.09. The Morgan fingerprint density at radius 2 is 2.33 bits per heavy atom. The number of rotatable bonds is 7. The molecule has 5 nitrogen and oxygen atoms in total. The number of hydrogen-bond acceptors (Lipinski definition) is 4. The molecule has 0 aromatic carbocycles. The number of hydrogen-bond donors (Lipinski definition) is 3. The minimum atomic E-state index is 0.201. The van der Waals surface area contributed by atoms with E-state index >= 15 is 0 Å². The summed E-state index contributed by atoms with van der Waals surface area (Å²) >= 11 is 0. The number of pyridine rings is 1. The first-order valence-electron chi connectivity index (χ1n) is 6.33. The van der Waals surface area contributed by atoms with Crippen molar-refractivity contribution < 1.29 is 5.21 Å². The molecule has 1 unspecified atom stereocenters. The van der Waals surface area contributed by atoms with Gasteiger partial charge in [-0.3, -0.25) is 4.98 Å². The summed E-state index contributed by atoms with van der Waals surface area (Å²) in [4.78, 5) is 4.38. The maximum Gasteiger partial charge on any atom is 0.140 e. The van der Waals surface area contributed by atoms with E-state index in [-0.39, 0.29) is 11.9 Å². The van der Waals surface area contributed by atoms with E-state index in [1.807, 2.05) is 6.07 Å². The van der Waals surface area contributed by atoms with Crippen molar-refractivity contribution in [2.45, 2.75) is 45.7 Å². The third-order valence-corrected chi connectivity index (χ3v) is 3.00. The summed E-state index contributed by atoms with van der Waals surface area (Å²) in [5, 5.41) is 15.0. The molecule has 0 bridgehead atoms. The summed E-state index contributed by atoms with van der Waals surface area (Å²) in [6.45, 7) is 4.90. The van der Waals surface area contributed by atoms with E-state index in [4.69, 9.17) is 10.9 Å². The molecule has 0 radical (unpaired) electrons. The van der Waals surface area contributed by atoms with Crippen molar-refractivity contribution in [3.8, 4) is 0 Å². The number of oxime groups is 1. The third kappa shape index (κ3) is 4.33. The van der Waals surface area contributed by atoms with Crippen LogP contribution >= 0.6 is 0 Å². The monoisotopic (exact) mass is 250 g/mol. The average Bonchev–Trinajstić information content (AvgIpc) is 2.43. The van der Waals surface area contributed by atoms with Gasteiger partial charge in [0.25, 0.3) is 0 Å². The van der Waals surface area contributed by atoms with Gasteiger partial charge < -0.3 is 16.3 Å². The summed E-state index contributed by atoms with van der Waals surface area (Å²) < 4.78 is 0. The summed E-state index contributed by atoms with van der Waals surface area (Å²) in [7, 11) is 0. The minimum absolute atomic E-state index is 0.201. The second kappa shape index (κ2) is 7.66. The third-order valence-electron chi connectivity index (χ3n) is 3.00. The molecule has 100 valence electrons. The predicted octanol–water partition coefficient (Wildman–Crippen LogP) is 1.65. The Kier molecular flexibility index (Phi) is 6.14. The lowest BCUT2D eigenvalue weighted by Crippen LogP contribution is -2.33. The molecule has 0 aliphatic heterocycles. The van der Waals surface area contributed by atoms with Crippen LogP contribution in [0.3, 0.4) is 0 Å². The largest absolute Gasteiger partial charge is 0.409 e. The Bertz CT molecular complexity index is 392. The first kappa shape index (κ1) is 14.4. The number of aromatic nitrogens is 1. The van der Waals surface area contributed by atoms with Crippen molar-refractivity contribution in [1.82, 2.24) is 10.3 Å². The van der Waals surface area contributed by atoms with Crippen LogP contribution < -0.4 is 11.1 Å². The topological polar surface area (TPSA) is 83.5 Å². The maximum atomic E-state index is 8.57. The Hall–Kier alpha value is -1.62. The zero-order chi connectivity index (χ0) is 13.4. The molecule has 0 spiro atoms. The lowest BCUT2D eigenvalue weighted by atomic mass is 10.1. The second-order valence-electron chi connectivity index (χ2n) is 4.24. The normalized spacial score (nSPS) is 13.6. The molecule has 1 rings (SSSR count). The summed E-state index contributed by atoms with van der Waals surface area (Å²) in [5.74, 6) is 0.256. The van der Waals surface area contributed by atoms with E-state index in [1.165, 1.54) is 5.56 Å². The van der Waals surface area contributed by atoms with Gasteiger partial charge in [0, 0.05) is 25.2 Å². The lowest BCUT2D eigenvalue weighted by molar-refractivity contribution is 0.315. The van der Waals surface area contributed by atoms with Crippen LogP contribution in [0.1, 0.15) is 37.9 Å². The molecule has 0 saturated heterocycles. The predicted molar refractivity (Wildman–Crippen MR) is 72.6 cm³/mol. The zero-order valence-electron chi connectivity index (χ0n) is 11.1. The second-order valence-corrected chi connectivity index (χ2v) is 4.24. The fraction of sp³-hybridized carbons (Fsp3) is 0.538. The zero-order valence-corrected chi connectivity index (χ0v) is 11.1. The van der Waals surface area contributed by atoms with Crippen molar-refractivity contribution in [2.24, 2.45) is 10.9 Å². The Labute approximate surface area is 108 Å². The van der Waals surface area contributed by atoms with Crippen molar-refractivity contribution in [1.29, 1.82) is 0 Å². The Morgan fingerprint density at radius 3 is 2.94 bits per heavy atom. The van der Waals surface area contributed by atoms with E-state index in [0.29, 0.717) is 13.0 Å². The van der Waals surface area contributed by atoms with Gasteiger partial charge in [0.05, 0.1) is 5.69 Å². The maximum absolute atomic E-state index is 8.57. The van der Waals surface area contributed by atoms with Crippen LogP contribution in [-0.2, 0) is 13.0 Å². The van der Waals surface area contributed by atoms with E-state index in [1.54, 1.807) is 6.20 Å². The van der Waals surface area contributed by atoms with Crippen LogP contribution in [0.15, 0.2) is 23.5 Å². The standard InChI is InChI=1S/C13H22N4O/c1-3-10-6-5-7-15-12(10)9-16-11(4-2)8-13(14)17-18/h5-7,11,16,18H,3-4,8-9H2,1-2H3,(H2,14,17). The summed E-state index contributed by atoms with van der Waals surface area (Å²) in [6, 6.07) is 4.25. The fourth-order valence-electron chi connectivity index (χ4n) is 1.85. The first-order valence-corrected chi connectivity index (χ1v) is 6.33. The molecule has 1 aromatic heterocycles. The van der Waals surface area contributed by atoms with Crippen LogP contribution in [0.25, 0.3) is 0 Å². The van der Waals surface area contributed by atoms with Gasteiger partial charge in [0.15, 0.2) is 0 Å². The number of nitrogens with zero attached hydrogens (tertiary/aromatic N) is 2. The highest BCUT2D eigenvalue weighted by Crippen LogP contribution is 2.07. The first-order chi connectivity index (χ1) is 8.71. The van der Waals surface area contributed by atoms with Gasteiger partial charge in [0.1, 0.15) is 5.84 Å². The molecular weight excluding hydrogens is 228 g/mol. The van der Waals surface area contributed by atoms with Gasteiger partial charge >= 0.3 is 0 Å². The van der Waals surface area contributed by atoms with Crippen molar-refractivity contribution in [2.75, 3.05) is 0 Å². The van der Waals surface area contributed by atoms with Crippen LogP contribution in [0.2, 0.25) is 0 Å². The van der Waals surface area contributed by atoms with E-state index < -0.39 is 0 Å². The molecule has 1 atom stereocenters. The lowest BCUT2D eigenvalue weighted by Gasteiger charge is -2.16. The van der Waals surface area contributed by atoms with Gasteiger partial charge in [-0.2, -0.15) is 0 Å². The number of amidine groups is 1. The van der Waals surface area contributed by atoms with Crippen molar-refractivity contribution in [3.63, 3.8) is 0 Å². The molecule has 0 fully saturated rings. The van der Waals surface area contributed by atoms with E-state index in [9.17, 15) is 0 Å². The number of nitrogens with one attached hydrogen (secondary N) is 1. The number of aryl methyl sites for hydroxylation is 1. The van der Waals surface area contributed by atoms with E-state index in [0.717, 1.165) is 18.5 Å². The molecule has 5 heteroatoms. The molecule has 0 amide bonds. The van der Waals surface area contributed by atoms with Gasteiger partial charge in [-0.15, -0.1) is 0 Å². The molecule has 0 aliphatic rings. The smallest absolute Gasteiger partial charge is 0.140 e. The quantitative estimate of drug-likeness (QED) is 0.297. The van der Waals surface area contributed by atoms with Crippen molar-refractivity contribution in [3.05, 3.63) is 29.6 Å². The Morgan fingerprint density at radius 1 is 1.56 bits per heavy atom. The molecule has 18 heavy (non-hydrogen) atoms. The summed E-state index contributed by atoms with van der Waals surface area (Å²) in [6.07, 6.45) is 4.24. The SMILES string of the molecule is CCc1cccnc1CNC(CC)C/C(N)=N/O. The molecular formula is C13H22N4O. The highest BCUT2D eigenvalue weighted by molar-refractivity contribution is 5.80. The molecule has 1 heterocycles. The molecule has 0 saturated carbocycles. The summed E-state index contributed by atoms with van der Waals surface area (Å²) in [5.41, 5.74) is 7.84.